The van der Waals surface area contributed by atoms with Gasteiger partial charge in [-0.05, 0) is 24.6 Å². The maximum absolute atomic E-state index is 11.3. The lowest BCUT2D eigenvalue weighted by Gasteiger charge is -2.08. The van der Waals surface area contributed by atoms with Crippen molar-refractivity contribution in [3.63, 3.8) is 0 Å². The standard InChI is InChI=1S/C11H15BrClNO2S/c1-2-17(15,16)7-3-6-14-11-8-9(12)4-5-10(11)13/h4-5,8,14H,2-3,6-7H2,1H3. The third kappa shape index (κ3) is 5.27. The molecule has 0 saturated heterocycles. The number of hydrogen-bond donors (Lipinski definition) is 1. The summed E-state index contributed by atoms with van der Waals surface area (Å²) in [5, 5.41) is 3.76. The van der Waals surface area contributed by atoms with Crippen LogP contribution in [0.1, 0.15) is 13.3 Å². The number of hydrogen-bond acceptors (Lipinski definition) is 3. The van der Waals surface area contributed by atoms with Gasteiger partial charge in [-0.1, -0.05) is 34.5 Å². The summed E-state index contributed by atoms with van der Waals surface area (Å²) < 4.78 is 23.5. The molecular formula is C11H15BrClNO2S. The van der Waals surface area contributed by atoms with Crippen LogP contribution in [0.2, 0.25) is 5.02 Å². The van der Waals surface area contributed by atoms with E-state index in [-0.39, 0.29) is 11.5 Å². The summed E-state index contributed by atoms with van der Waals surface area (Å²) in [4.78, 5) is 0. The van der Waals surface area contributed by atoms with Crippen molar-refractivity contribution < 1.29 is 8.42 Å². The van der Waals surface area contributed by atoms with Crippen LogP contribution in [-0.4, -0.2) is 26.5 Å². The highest BCUT2D eigenvalue weighted by molar-refractivity contribution is 9.10. The Morgan fingerprint density at radius 1 is 1.41 bits per heavy atom. The number of halogens is 2. The van der Waals surface area contributed by atoms with E-state index in [9.17, 15) is 8.42 Å². The molecule has 3 nitrogen and oxygen atoms in total. The highest BCUT2D eigenvalue weighted by Crippen LogP contribution is 2.25. The number of nitrogens with one attached hydrogen (secondary N) is 1. The van der Waals surface area contributed by atoms with Crippen molar-refractivity contribution in [2.24, 2.45) is 0 Å². The van der Waals surface area contributed by atoms with Gasteiger partial charge in [0.2, 0.25) is 0 Å². The molecule has 1 aromatic rings. The minimum absolute atomic E-state index is 0.199. The first-order valence-corrected chi connectivity index (χ1v) is 8.33. The summed E-state index contributed by atoms with van der Waals surface area (Å²) in [6, 6.07) is 5.52. The van der Waals surface area contributed by atoms with Crippen LogP contribution in [-0.2, 0) is 9.84 Å². The molecule has 0 bridgehead atoms. The Morgan fingerprint density at radius 3 is 2.76 bits per heavy atom. The van der Waals surface area contributed by atoms with Gasteiger partial charge < -0.3 is 5.32 Å². The van der Waals surface area contributed by atoms with Gasteiger partial charge in [-0.25, -0.2) is 8.42 Å². The smallest absolute Gasteiger partial charge is 0.150 e. The minimum Gasteiger partial charge on any atom is -0.384 e. The van der Waals surface area contributed by atoms with Crippen molar-refractivity contribution >= 4 is 43.1 Å². The van der Waals surface area contributed by atoms with Crippen LogP contribution in [0.5, 0.6) is 0 Å². The first kappa shape index (κ1) is 14.8. The highest BCUT2D eigenvalue weighted by Gasteiger charge is 2.06. The molecule has 0 aliphatic rings. The topological polar surface area (TPSA) is 46.2 Å². The van der Waals surface area contributed by atoms with Crippen LogP contribution in [0.25, 0.3) is 0 Å². The molecule has 0 amide bonds. The van der Waals surface area contributed by atoms with E-state index in [1.807, 2.05) is 12.1 Å². The average Bonchev–Trinajstić information content (AvgIpc) is 2.29. The molecule has 96 valence electrons. The summed E-state index contributed by atoms with van der Waals surface area (Å²) >= 11 is 9.34. The van der Waals surface area contributed by atoms with Crippen molar-refractivity contribution in [3.05, 3.63) is 27.7 Å². The van der Waals surface area contributed by atoms with Crippen molar-refractivity contribution in [1.29, 1.82) is 0 Å². The molecule has 0 heterocycles. The van der Waals surface area contributed by atoms with Crippen LogP contribution in [0, 0.1) is 0 Å². The van der Waals surface area contributed by atoms with Gasteiger partial charge in [-0.3, -0.25) is 0 Å². The second-order valence-corrected chi connectivity index (χ2v) is 7.44. The molecule has 6 heteroatoms. The third-order valence-corrected chi connectivity index (χ3v) is 4.93. The van der Waals surface area contributed by atoms with Crippen molar-refractivity contribution in [2.75, 3.05) is 23.4 Å². The predicted molar refractivity (Wildman–Crippen MR) is 76.6 cm³/mol. The Morgan fingerprint density at radius 2 is 2.12 bits per heavy atom. The van der Waals surface area contributed by atoms with Gasteiger partial charge in [0.1, 0.15) is 9.84 Å². The molecule has 0 aliphatic heterocycles. The lowest BCUT2D eigenvalue weighted by molar-refractivity contribution is 0.595. The zero-order valence-corrected chi connectivity index (χ0v) is 12.7. The van der Waals surface area contributed by atoms with E-state index in [4.69, 9.17) is 11.6 Å². The lowest BCUT2D eigenvalue weighted by Crippen LogP contribution is -2.13. The fraction of sp³-hybridized carbons (Fsp3) is 0.455. The first-order valence-electron chi connectivity index (χ1n) is 5.34. The minimum atomic E-state index is -2.87. The molecule has 17 heavy (non-hydrogen) atoms. The van der Waals surface area contributed by atoms with E-state index in [1.54, 1.807) is 13.0 Å². The van der Waals surface area contributed by atoms with Crippen LogP contribution in [0.15, 0.2) is 22.7 Å². The monoisotopic (exact) mass is 339 g/mol. The summed E-state index contributed by atoms with van der Waals surface area (Å²) in [6.45, 7) is 2.25. The van der Waals surface area contributed by atoms with E-state index in [0.29, 0.717) is 18.0 Å². The zero-order chi connectivity index (χ0) is 12.9. The Kier molecular flexibility index (Phi) is 5.76. The van der Waals surface area contributed by atoms with Gasteiger partial charge in [-0.2, -0.15) is 0 Å². The number of benzene rings is 1. The predicted octanol–water partition coefficient (Wildman–Crippen LogP) is 3.34. The fourth-order valence-corrected chi connectivity index (χ4v) is 2.71. The van der Waals surface area contributed by atoms with E-state index in [0.717, 1.165) is 10.2 Å². The Balaban J connectivity index is 2.44. The zero-order valence-electron chi connectivity index (χ0n) is 9.54. The molecule has 1 rings (SSSR count). The molecular weight excluding hydrogens is 326 g/mol. The number of sulfone groups is 1. The van der Waals surface area contributed by atoms with Gasteiger partial charge in [0, 0.05) is 16.8 Å². The van der Waals surface area contributed by atoms with Gasteiger partial charge in [0.25, 0.3) is 0 Å². The van der Waals surface area contributed by atoms with Gasteiger partial charge in [0.15, 0.2) is 0 Å². The molecule has 0 spiro atoms. The van der Waals surface area contributed by atoms with Crippen molar-refractivity contribution in [3.8, 4) is 0 Å². The molecule has 0 unspecified atom stereocenters. The third-order valence-electron chi connectivity index (χ3n) is 2.32. The first-order chi connectivity index (χ1) is 7.94. The Bertz CT molecular complexity index is 476. The summed E-state index contributed by atoms with van der Waals surface area (Å²) in [5.74, 6) is 0.409. The van der Waals surface area contributed by atoms with E-state index < -0.39 is 9.84 Å². The lowest BCUT2D eigenvalue weighted by atomic mass is 10.3. The van der Waals surface area contributed by atoms with E-state index in [1.165, 1.54) is 0 Å². The molecule has 0 radical (unpaired) electrons. The quantitative estimate of drug-likeness (QED) is 0.808. The van der Waals surface area contributed by atoms with Gasteiger partial charge in [0.05, 0.1) is 16.5 Å². The highest BCUT2D eigenvalue weighted by atomic mass is 79.9. The van der Waals surface area contributed by atoms with Crippen LogP contribution < -0.4 is 5.32 Å². The normalized spacial score (nSPS) is 11.5. The van der Waals surface area contributed by atoms with E-state index in [2.05, 4.69) is 21.2 Å². The van der Waals surface area contributed by atoms with Crippen LogP contribution in [0.4, 0.5) is 5.69 Å². The molecule has 0 saturated carbocycles. The Hall–Kier alpha value is -0.260. The second-order valence-electron chi connectivity index (χ2n) is 3.64. The molecule has 0 aromatic heterocycles. The molecule has 0 aliphatic carbocycles. The summed E-state index contributed by atoms with van der Waals surface area (Å²) in [7, 11) is -2.87. The molecule has 0 fully saturated rings. The maximum Gasteiger partial charge on any atom is 0.150 e. The maximum atomic E-state index is 11.3. The molecule has 0 atom stereocenters. The Labute approximate surface area is 116 Å². The molecule has 1 aromatic carbocycles. The van der Waals surface area contributed by atoms with Crippen LogP contribution >= 0.6 is 27.5 Å². The summed E-state index contributed by atoms with van der Waals surface area (Å²) in [6.07, 6.45) is 0.582. The fourth-order valence-electron chi connectivity index (χ4n) is 1.29. The number of rotatable bonds is 6. The van der Waals surface area contributed by atoms with Gasteiger partial charge >= 0.3 is 0 Å². The van der Waals surface area contributed by atoms with Crippen molar-refractivity contribution in [1.82, 2.24) is 0 Å². The molecule has 1 N–H and O–H groups in total. The van der Waals surface area contributed by atoms with Crippen molar-refractivity contribution in [2.45, 2.75) is 13.3 Å². The summed E-state index contributed by atoms with van der Waals surface area (Å²) in [5.41, 5.74) is 0.815. The van der Waals surface area contributed by atoms with Crippen LogP contribution in [0.3, 0.4) is 0 Å². The van der Waals surface area contributed by atoms with E-state index >= 15 is 0 Å². The second kappa shape index (κ2) is 6.61. The largest absolute Gasteiger partial charge is 0.384 e. The average molecular weight is 341 g/mol. The SMILES string of the molecule is CCS(=O)(=O)CCCNc1cc(Br)ccc1Cl. The number of anilines is 1. The van der Waals surface area contributed by atoms with Gasteiger partial charge in [-0.15, -0.1) is 0 Å².